The lowest BCUT2D eigenvalue weighted by molar-refractivity contribution is 0.161. The van der Waals surface area contributed by atoms with E-state index in [9.17, 15) is 4.79 Å². The van der Waals surface area contributed by atoms with Crippen molar-refractivity contribution in [2.75, 3.05) is 26.2 Å². The number of carbonyl (C=O) groups is 1. The molecular formula is C17H28N4O. The zero-order valence-electron chi connectivity index (χ0n) is 13.8. The maximum Gasteiger partial charge on any atom is 0.314 e. The fourth-order valence-corrected chi connectivity index (χ4v) is 2.83. The minimum absolute atomic E-state index is 0.0790. The number of amides is 2. The van der Waals surface area contributed by atoms with E-state index in [2.05, 4.69) is 33.5 Å². The molecule has 1 saturated heterocycles. The maximum absolute atomic E-state index is 11.8. The lowest BCUT2D eigenvalue weighted by atomic mass is 10.0. The Morgan fingerprint density at radius 1 is 1.32 bits per heavy atom. The summed E-state index contributed by atoms with van der Waals surface area (Å²) in [6.07, 6.45) is 6.56. The van der Waals surface area contributed by atoms with E-state index in [0.29, 0.717) is 19.1 Å². The van der Waals surface area contributed by atoms with Gasteiger partial charge in [-0.3, -0.25) is 9.88 Å². The van der Waals surface area contributed by atoms with Crippen LogP contribution in [0.25, 0.3) is 0 Å². The van der Waals surface area contributed by atoms with Gasteiger partial charge in [-0.05, 0) is 51.3 Å². The minimum Gasteiger partial charge on any atom is -0.338 e. The average Bonchev–Trinajstić information content (AvgIpc) is 2.51. The SMILES string of the molecule is Cc1ccc(CCNC(=O)NCCN2CCCC[C@H]2C)cn1. The molecule has 0 saturated carbocycles. The van der Waals surface area contributed by atoms with Gasteiger partial charge in [0.2, 0.25) is 0 Å². The summed E-state index contributed by atoms with van der Waals surface area (Å²) in [5.41, 5.74) is 2.16. The molecule has 2 N–H and O–H groups in total. The highest BCUT2D eigenvalue weighted by Crippen LogP contribution is 2.15. The highest BCUT2D eigenvalue weighted by Gasteiger charge is 2.17. The second kappa shape index (κ2) is 8.73. The van der Waals surface area contributed by atoms with Crippen LogP contribution in [0.3, 0.4) is 0 Å². The Hall–Kier alpha value is -1.62. The second-order valence-corrected chi connectivity index (χ2v) is 6.12. The van der Waals surface area contributed by atoms with Crippen molar-refractivity contribution in [1.29, 1.82) is 0 Å². The molecule has 2 amide bonds. The number of hydrogen-bond donors (Lipinski definition) is 2. The largest absolute Gasteiger partial charge is 0.338 e. The summed E-state index contributed by atoms with van der Waals surface area (Å²) in [5, 5.41) is 5.84. The fourth-order valence-electron chi connectivity index (χ4n) is 2.83. The van der Waals surface area contributed by atoms with Crippen LogP contribution in [-0.2, 0) is 6.42 Å². The van der Waals surface area contributed by atoms with E-state index < -0.39 is 0 Å². The summed E-state index contributed by atoms with van der Waals surface area (Å²) in [6.45, 7) is 7.69. The third-order valence-electron chi connectivity index (χ3n) is 4.30. The fraction of sp³-hybridized carbons (Fsp3) is 0.647. The van der Waals surface area contributed by atoms with Gasteiger partial charge in [0.05, 0.1) is 0 Å². The molecule has 22 heavy (non-hydrogen) atoms. The molecule has 0 bridgehead atoms. The molecule has 0 spiro atoms. The van der Waals surface area contributed by atoms with Gasteiger partial charge < -0.3 is 10.6 Å². The molecule has 1 fully saturated rings. The van der Waals surface area contributed by atoms with E-state index in [-0.39, 0.29) is 6.03 Å². The summed E-state index contributed by atoms with van der Waals surface area (Å²) in [6, 6.07) is 4.62. The van der Waals surface area contributed by atoms with Crippen molar-refractivity contribution in [2.45, 2.75) is 45.6 Å². The highest BCUT2D eigenvalue weighted by atomic mass is 16.2. The first kappa shape index (κ1) is 16.7. The molecule has 122 valence electrons. The number of aromatic nitrogens is 1. The van der Waals surface area contributed by atoms with Crippen LogP contribution in [0.4, 0.5) is 4.79 Å². The molecule has 5 heteroatoms. The lowest BCUT2D eigenvalue weighted by Gasteiger charge is -2.33. The number of rotatable bonds is 6. The number of carbonyl (C=O) groups excluding carboxylic acids is 1. The van der Waals surface area contributed by atoms with Gasteiger partial charge in [0.15, 0.2) is 0 Å². The molecule has 0 aromatic carbocycles. The van der Waals surface area contributed by atoms with E-state index in [1.165, 1.54) is 19.3 Å². The molecule has 1 atom stereocenters. The van der Waals surface area contributed by atoms with Crippen molar-refractivity contribution in [2.24, 2.45) is 0 Å². The number of likely N-dealkylation sites (tertiary alicyclic amines) is 1. The molecule has 1 aliphatic heterocycles. The number of piperidine rings is 1. The number of hydrogen-bond acceptors (Lipinski definition) is 3. The smallest absolute Gasteiger partial charge is 0.314 e. The van der Waals surface area contributed by atoms with Gasteiger partial charge in [-0.1, -0.05) is 12.5 Å². The van der Waals surface area contributed by atoms with Gasteiger partial charge in [-0.25, -0.2) is 4.79 Å². The Bertz CT molecular complexity index is 460. The van der Waals surface area contributed by atoms with Crippen LogP contribution in [-0.4, -0.2) is 48.1 Å². The van der Waals surface area contributed by atoms with Crippen LogP contribution in [0.1, 0.15) is 37.4 Å². The van der Waals surface area contributed by atoms with Crippen LogP contribution in [0, 0.1) is 6.92 Å². The summed E-state index contributed by atoms with van der Waals surface area (Å²) in [5.74, 6) is 0. The van der Waals surface area contributed by atoms with E-state index in [4.69, 9.17) is 0 Å². The molecule has 0 unspecified atom stereocenters. The second-order valence-electron chi connectivity index (χ2n) is 6.12. The third-order valence-corrected chi connectivity index (χ3v) is 4.30. The first-order chi connectivity index (χ1) is 10.6. The normalized spacial score (nSPS) is 18.9. The molecule has 1 aromatic heterocycles. The molecule has 5 nitrogen and oxygen atoms in total. The average molecular weight is 304 g/mol. The van der Waals surface area contributed by atoms with Crippen LogP contribution in [0.5, 0.6) is 0 Å². The first-order valence-electron chi connectivity index (χ1n) is 8.32. The molecule has 2 rings (SSSR count). The number of nitrogens with one attached hydrogen (secondary N) is 2. The number of aryl methyl sites for hydroxylation is 1. The standard InChI is InChI=1S/C17H28N4O/c1-14-6-7-16(13-20-14)8-9-18-17(22)19-10-12-21-11-4-3-5-15(21)2/h6-7,13,15H,3-5,8-12H2,1-2H3,(H2,18,19,22)/t15-/m1/s1. The predicted octanol–water partition coefficient (Wildman–Crippen LogP) is 2.11. The quantitative estimate of drug-likeness (QED) is 0.846. The van der Waals surface area contributed by atoms with Crippen molar-refractivity contribution >= 4 is 6.03 Å². The summed E-state index contributed by atoms with van der Waals surface area (Å²) in [7, 11) is 0. The summed E-state index contributed by atoms with van der Waals surface area (Å²) in [4.78, 5) is 18.5. The van der Waals surface area contributed by atoms with Gasteiger partial charge >= 0.3 is 6.03 Å². The lowest BCUT2D eigenvalue weighted by Crippen LogP contribution is -2.44. The molecule has 0 aliphatic carbocycles. The van der Waals surface area contributed by atoms with Gasteiger partial charge in [0.1, 0.15) is 0 Å². The van der Waals surface area contributed by atoms with Gasteiger partial charge in [0, 0.05) is 37.6 Å². The maximum atomic E-state index is 11.8. The molecular weight excluding hydrogens is 276 g/mol. The minimum atomic E-state index is -0.0790. The van der Waals surface area contributed by atoms with Crippen molar-refractivity contribution < 1.29 is 4.79 Å². The van der Waals surface area contributed by atoms with Crippen LogP contribution in [0.2, 0.25) is 0 Å². The topological polar surface area (TPSA) is 57.3 Å². The van der Waals surface area contributed by atoms with Gasteiger partial charge in [0.25, 0.3) is 0 Å². The Morgan fingerprint density at radius 3 is 2.86 bits per heavy atom. The Morgan fingerprint density at radius 2 is 2.14 bits per heavy atom. The zero-order chi connectivity index (χ0) is 15.8. The van der Waals surface area contributed by atoms with E-state index in [0.717, 1.165) is 30.8 Å². The first-order valence-corrected chi connectivity index (χ1v) is 8.32. The Labute approximate surface area is 133 Å². The monoisotopic (exact) mass is 304 g/mol. The van der Waals surface area contributed by atoms with Crippen molar-refractivity contribution in [3.05, 3.63) is 29.6 Å². The van der Waals surface area contributed by atoms with Crippen LogP contribution in [0.15, 0.2) is 18.3 Å². The van der Waals surface area contributed by atoms with Gasteiger partial charge in [-0.15, -0.1) is 0 Å². The zero-order valence-corrected chi connectivity index (χ0v) is 13.8. The van der Waals surface area contributed by atoms with E-state index >= 15 is 0 Å². The molecule has 1 aromatic rings. The molecule has 2 heterocycles. The predicted molar refractivity (Wildman–Crippen MR) is 89.0 cm³/mol. The highest BCUT2D eigenvalue weighted by molar-refractivity contribution is 5.73. The van der Waals surface area contributed by atoms with Crippen LogP contribution >= 0.6 is 0 Å². The Balaban J connectivity index is 1.56. The molecule has 0 radical (unpaired) electrons. The van der Waals surface area contributed by atoms with Crippen molar-refractivity contribution in [3.63, 3.8) is 0 Å². The van der Waals surface area contributed by atoms with Gasteiger partial charge in [-0.2, -0.15) is 0 Å². The third kappa shape index (κ3) is 5.64. The summed E-state index contributed by atoms with van der Waals surface area (Å²) < 4.78 is 0. The van der Waals surface area contributed by atoms with Crippen molar-refractivity contribution in [1.82, 2.24) is 20.5 Å². The molecule has 1 aliphatic rings. The number of nitrogens with zero attached hydrogens (tertiary/aromatic N) is 2. The van der Waals surface area contributed by atoms with Crippen LogP contribution < -0.4 is 10.6 Å². The number of urea groups is 1. The van der Waals surface area contributed by atoms with Crippen molar-refractivity contribution in [3.8, 4) is 0 Å². The number of pyridine rings is 1. The Kier molecular flexibility index (Phi) is 6.65. The summed E-state index contributed by atoms with van der Waals surface area (Å²) >= 11 is 0. The van der Waals surface area contributed by atoms with E-state index in [1.54, 1.807) is 0 Å². The van der Waals surface area contributed by atoms with E-state index in [1.807, 2.05) is 19.2 Å².